The molecule has 100 valence electrons. The highest BCUT2D eigenvalue weighted by atomic mass is 19.1. The van der Waals surface area contributed by atoms with E-state index in [0.29, 0.717) is 6.04 Å². The number of hydrogen-bond acceptors (Lipinski definition) is 1. The van der Waals surface area contributed by atoms with Gasteiger partial charge in [0.15, 0.2) is 0 Å². The summed E-state index contributed by atoms with van der Waals surface area (Å²) < 4.78 is 12.9. The topological polar surface area (TPSA) is 12.0 Å². The lowest BCUT2D eigenvalue weighted by Gasteiger charge is -2.12. The molecule has 0 aliphatic rings. The first-order chi connectivity index (χ1) is 9.19. The number of benzene rings is 2. The molecule has 0 fully saturated rings. The van der Waals surface area contributed by atoms with E-state index in [1.165, 1.54) is 17.7 Å². The van der Waals surface area contributed by atoms with Crippen LogP contribution in [0.1, 0.15) is 19.4 Å². The molecule has 1 N–H and O–H groups in total. The Bertz CT molecular complexity index is 502. The smallest absolute Gasteiger partial charge is 0.123 e. The lowest BCUT2D eigenvalue weighted by Crippen LogP contribution is -2.27. The average molecular weight is 257 g/mol. The normalized spacial score (nSPS) is 12.4. The Labute approximate surface area is 114 Å². The summed E-state index contributed by atoms with van der Waals surface area (Å²) in [7, 11) is 0. The molecule has 2 aromatic rings. The molecule has 2 heteroatoms. The Morgan fingerprint density at radius 1 is 0.947 bits per heavy atom. The monoisotopic (exact) mass is 257 g/mol. The Morgan fingerprint density at radius 2 is 1.47 bits per heavy atom. The van der Waals surface area contributed by atoms with Crippen LogP contribution in [0, 0.1) is 5.82 Å². The SMILES string of the molecule is CCNC(C)Cc1ccc(-c2ccc(F)cc2)cc1. The highest BCUT2D eigenvalue weighted by Gasteiger charge is 2.03. The third kappa shape index (κ3) is 3.90. The zero-order valence-electron chi connectivity index (χ0n) is 11.5. The standard InChI is InChI=1S/C17H20FN/c1-3-19-13(2)12-14-4-6-15(7-5-14)16-8-10-17(18)11-9-16/h4-11,13,19H,3,12H2,1-2H3. The molecule has 0 radical (unpaired) electrons. The summed E-state index contributed by atoms with van der Waals surface area (Å²) in [5.41, 5.74) is 3.49. The second-order valence-corrected chi connectivity index (χ2v) is 4.87. The largest absolute Gasteiger partial charge is 0.314 e. The number of nitrogens with one attached hydrogen (secondary N) is 1. The van der Waals surface area contributed by atoms with E-state index in [9.17, 15) is 4.39 Å². The Morgan fingerprint density at radius 3 is 2.00 bits per heavy atom. The molecule has 1 atom stereocenters. The Kier molecular flexibility index (Phi) is 4.69. The van der Waals surface area contributed by atoms with Crippen molar-refractivity contribution < 1.29 is 4.39 Å². The molecular weight excluding hydrogens is 237 g/mol. The lowest BCUT2D eigenvalue weighted by molar-refractivity contribution is 0.565. The quantitative estimate of drug-likeness (QED) is 0.852. The number of halogens is 1. The third-order valence-corrected chi connectivity index (χ3v) is 3.23. The van der Waals surface area contributed by atoms with Crippen LogP contribution in [0.25, 0.3) is 11.1 Å². The molecule has 0 spiro atoms. The van der Waals surface area contributed by atoms with Crippen molar-refractivity contribution >= 4 is 0 Å². The summed E-state index contributed by atoms with van der Waals surface area (Å²) in [5, 5.41) is 3.40. The molecule has 0 heterocycles. The summed E-state index contributed by atoms with van der Waals surface area (Å²) in [6.45, 7) is 5.31. The molecule has 1 unspecified atom stereocenters. The Hall–Kier alpha value is -1.67. The fraction of sp³-hybridized carbons (Fsp3) is 0.294. The predicted octanol–water partition coefficient (Wildman–Crippen LogP) is 4.03. The summed E-state index contributed by atoms with van der Waals surface area (Å²) in [4.78, 5) is 0. The second-order valence-electron chi connectivity index (χ2n) is 4.87. The van der Waals surface area contributed by atoms with E-state index in [2.05, 4.69) is 43.4 Å². The fourth-order valence-electron chi connectivity index (χ4n) is 2.25. The Balaban J connectivity index is 2.08. The fourth-order valence-corrected chi connectivity index (χ4v) is 2.25. The van der Waals surface area contributed by atoms with Crippen LogP contribution in [0.5, 0.6) is 0 Å². The average Bonchev–Trinajstić information content (AvgIpc) is 2.41. The van der Waals surface area contributed by atoms with Gasteiger partial charge < -0.3 is 5.32 Å². The van der Waals surface area contributed by atoms with Crippen molar-refractivity contribution in [1.82, 2.24) is 5.32 Å². The molecule has 0 bridgehead atoms. The predicted molar refractivity (Wildman–Crippen MR) is 78.7 cm³/mol. The van der Waals surface area contributed by atoms with Crippen molar-refractivity contribution in [3.63, 3.8) is 0 Å². The van der Waals surface area contributed by atoms with E-state index in [1.807, 2.05) is 12.1 Å². The van der Waals surface area contributed by atoms with Crippen LogP contribution in [0.15, 0.2) is 48.5 Å². The minimum atomic E-state index is -0.195. The first-order valence-corrected chi connectivity index (χ1v) is 6.77. The van der Waals surface area contributed by atoms with Gasteiger partial charge in [-0.25, -0.2) is 4.39 Å². The molecule has 0 aliphatic carbocycles. The van der Waals surface area contributed by atoms with Gasteiger partial charge in [-0.05, 0) is 48.7 Å². The first-order valence-electron chi connectivity index (χ1n) is 6.77. The molecule has 2 rings (SSSR count). The van der Waals surface area contributed by atoms with E-state index in [4.69, 9.17) is 0 Å². The maximum Gasteiger partial charge on any atom is 0.123 e. The second kappa shape index (κ2) is 6.48. The van der Waals surface area contributed by atoms with Gasteiger partial charge in [0, 0.05) is 6.04 Å². The van der Waals surface area contributed by atoms with Crippen LogP contribution in [0.4, 0.5) is 4.39 Å². The minimum Gasteiger partial charge on any atom is -0.314 e. The molecule has 2 aromatic carbocycles. The van der Waals surface area contributed by atoms with Crippen LogP contribution in [0.3, 0.4) is 0 Å². The van der Waals surface area contributed by atoms with Crippen LogP contribution in [0.2, 0.25) is 0 Å². The van der Waals surface area contributed by atoms with Gasteiger partial charge in [0.05, 0.1) is 0 Å². The van der Waals surface area contributed by atoms with E-state index >= 15 is 0 Å². The summed E-state index contributed by atoms with van der Waals surface area (Å²) >= 11 is 0. The molecule has 19 heavy (non-hydrogen) atoms. The van der Waals surface area contributed by atoms with Gasteiger partial charge in [-0.2, -0.15) is 0 Å². The lowest BCUT2D eigenvalue weighted by atomic mass is 10.0. The maximum absolute atomic E-state index is 12.9. The molecule has 1 nitrogen and oxygen atoms in total. The molecular formula is C17H20FN. The van der Waals surface area contributed by atoms with E-state index in [-0.39, 0.29) is 5.82 Å². The summed E-state index contributed by atoms with van der Waals surface area (Å²) in [6.07, 6.45) is 1.03. The molecule has 0 aromatic heterocycles. The van der Waals surface area contributed by atoms with Crippen LogP contribution < -0.4 is 5.32 Å². The van der Waals surface area contributed by atoms with Crippen molar-refractivity contribution in [1.29, 1.82) is 0 Å². The van der Waals surface area contributed by atoms with Gasteiger partial charge in [0.1, 0.15) is 5.82 Å². The highest BCUT2D eigenvalue weighted by molar-refractivity contribution is 5.63. The van der Waals surface area contributed by atoms with E-state index in [1.54, 1.807) is 0 Å². The van der Waals surface area contributed by atoms with Crippen molar-refractivity contribution in [3.05, 3.63) is 59.9 Å². The zero-order valence-corrected chi connectivity index (χ0v) is 11.5. The third-order valence-electron chi connectivity index (χ3n) is 3.23. The first kappa shape index (κ1) is 13.8. The van der Waals surface area contributed by atoms with Gasteiger partial charge in [-0.3, -0.25) is 0 Å². The summed E-state index contributed by atoms with van der Waals surface area (Å²) in [6, 6.07) is 15.6. The van der Waals surface area contributed by atoms with Gasteiger partial charge in [-0.1, -0.05) is 43.3 Å². The number of rotatable bonds is 5. The zero-order chi connectivity index (χ0) is 13.7. The van der Waals surface area contributed by atoms with Gasteiger partial charge in [-0.15, -0.1) is 0 Å². The van der Waals surface area contributed by atoms with Gasteiger partial charge in [0.25, 0.3) is 0 Å². The van der Waals surface area contributed by atoms with Crippen molar-refractivity contribution in [2.75, 3.05) is 6.54 Å². The number of likely N-dealkylation sites (N-methyl/N-ethyl adjacent to an activating group) is 1. The van der Waals surface area contributed by atoms with Crippen molar-refractivity contribution in [2.24, 2.45) is 0 Å². The molecule has 0 aliphatic heterocycles. The maximum atomic E-state index is 12.9. The van der Waals surface area contributed by atoms with Crippen LogP contribution in [-0.4, -0.2) is 12.6 Å². The molecule has 0 saturated carbocycles. The van der Waals surface area contributed by atoms with Crippen molar-refractivity contribution in [2.45, 2.75) is 26.3 Å². The van der Waals surface area contributed by atoms with Gasteiger partial charge in [0.2, 0.25) is 0 Å². The van der Waals surface area contributed by atoms with Gasteiger partial charge >= 0.3 is 0 Å². The van der Waals surface area contributed by atoms with Crippen molar-refractivity contribution in [3.8, 4) is 11.1 Å². The van der Waals surface area contributed by atoms with E-state index < -0.39 is 0 Å². The molecule has 0 amide bonds. The van der Waals surface area contributed by atoms with Crippen LogP contribution in [-0.2, 0) is 6.42 Å². The highest BCUT2D eigenvalue weighted by Crippen LogP contribution is 2.20. The number of hydrogen-bond donors (Lipinski definition) is 1. The van der Waals surface area contributed by atoms with E-state index in [0.717, 1.165) is 24.1 Å². The summed E-state index contributed by atoms with van der Waals surface area (Å²) in [5.74, 6) is -0.195. The minimum absolute atomic E-state index is 0.195. The van der Waals surface area contributed by atoms with Crippen LogP contribution >= 0.6 is 0 Å². The molecule has 0 saturated heterocycles.